The third-order valence-electron chi connectivity index (χ3n) is 3.14. The summed E-state index contributed by atoms with van der Waals surface area (Å²) in [5.41, 5.74) is 0.185. The van der Waals surface area contributed by atoms with E-state index in [4.69, 9.17) is 0 Å². The number of piperidine rings is 1. The van der Waals surface area contributed by atoms with E-state index in [-0.39, 0.29) is 17.4 Å². The SMILES string of the molecule is CN1CCCC(Nc2cc(F)ccc2[N+](=O)[O-])C1. The van der Waals surface area contributed by atoms with Crippen LogP contribution in [0.1, 0.15) is 12.8 Å². The van der Waals surface area contributed by atoms with E-state index in [1.54, 1.807) is 0 Å². The Labute approximate surface area is 105 Å². The summed E-state index contributed by atoms with van der Waals surface area (Å²) in [4.78, 5) is 12.5. The van der Waals surface area contributed by atoms with Crippen molar-refractivity contribution < 1.29 is 9.31 Å². The highest BCUT2D eigenvalue weighted by atomic mass is 19.1. The summed E-state index contributed by atoms with van der Waals surface area (Å²) in [5.74, 6) is -0.465. The number of benzene rings is 1. The molecule has 0 amide bonds. The molecule has 1 aromatic carbocycles. The van der Waals surface area contributed by atoms with Gasteiger partial charge in [-0.1, -0.05) is 0 Å². The van der Waals surface area contributed by atoms with Gasteiger partial charge < -0.3 is 10.2 Å². The lowest BCUT2D eigenvalue weighted by molar-refractivity contribution is -0.384. The molecule has 1 unspecified atom stereocenters. The molecule has 5 nitrogen and oxygen atoms in total. The van der Waals surface area contributed by atoms with Crippen molar-refractivity contribution in [1.82, 2.24) is 4.90 Å². The van der Waals surface area contributed by atoms with Crippen LogP contribution in [0.2, 0.25) is 0 Å². The van der Waals surface area contributed by atoms with E-state index >= 15 is 0 Å². The molecule has 1 aliphatic heterocycles. The van der Waals surface area contributed by atoms with Gasteiger partial charge in [0.15, 0.2) is 0 Å². The lowest BCUT2D eigenvalue weighted by Gasteiger charge is -2.30. The van der Waals surface area contributed by atoms with Crippen molar-refractivity contribution in [2.75, 3.05) is 25.5 Å². The fourth-order valence-corrected chi connectivity index (χ4v) is 2.29. The largest absolute Gasteiger partial charge is 0.375 e. The van der Waals surface area contributed by atoms with Crippen LogP contribution < -0.4 is 5.32 Å². The molecule has 0 saturated carbocycles. The Bertz CT molecular complexity index is 453. The fourth-order valence-electron chi connectivity index (χ4n) is 2.29. The number of nitrogens with zero attached hydrogens (tertiary/aromatic N) is 2. The van der Waals surface area contributed by atoms with Crippen LogP contribution in [0.4, 0.5) is 15.8 Å². The number of likely N-dealkylation sites (tertiary alicyclic amines) is 1. The highest BCUT2D eigenvalue weighted by Gasteiger charge is 2.21. The van der Waals surface area contributed by atoms with Crippen molar-refractivity contribution in [1.29, 1.82) is 0 Å². The van der Waals surface area contributed by atoms with Gasteiger partial charge in [-0.05, 0) is 32.5 Å². The smallest absolute Gasteiger partial charge is 0.292 e. The molecule has 0 radical (unpaired) electrons. The first kappa shape index (κ1) is 12.8. The van der Waals surface area contributed by atoms with Crippen molar-refractivity contribution in [3.8, 4) is 0 Å². The van der Waals surface area contributed by atoms with Crippen molar-refractivity contribution in [2.45, 2.75) is 18.9 Å². The molecule has 1 fully saturated rings. The van der Waals surface area contributed by atoms with E-state index in [0.29, 0.717) is 0 Å². The fraction of sp³-hybridized carbons (Fsp3) is 0.500. The second-order valence-electron chi connectivity index (χ2n) is 4.66. The zero-order valence-corrected chi connectivity index (χ0v) is 10.2. The number of rotatable bonds is 3. The Morgan fingerprint density at radius 1 is 1.56 bits per heavy atom. The van der Waals surface area contributed by atoms with Gasteiger partial charge in [0.05, 0.1) is 4.92 Å². The van der Waals surface area contributed by atoms with Crippen molar-refractivity contribution in [3.63, 3.8) is 0 Å². The number of hydrogen-bond acceptors (Lipinski definition) is 4. The molecular weight excluding hydrogens is 237 g/mol. The predicted octanol–water partition coefficient (Wildman–Crippen LogP) is 2.24. The molecule has 1 N–H and O–H groups in total. The van der Waals surface area contributed by atoms with Crippen LogP contribution in [0, 0.1) is 15.9 Å². The molecule has 2 rings (SSSR count). The molecule has 1 saturated heterocycles. The summed E-state index contributed by atoms with van der Waals surface area (Å²) in [6, 6.07) is 3.62. The average Bonchev–Trinajstić information content (AvgIpc) is 2.28. The van der Waals surface area contributed by atoms with Gasteiger partial charge in [0.2, 0.25) is 0 Å². The molecule has 0 spiro atoms. The number of nitrogens with one attached hydrogen (secondary N) is 1. The molecule has 1 aliphatic rings. The normalized spacial score (nSPS) is 20.7. The summed E-state index contributed by atoms with van der Waals surface area (Å²) in [7, 11) is 2.01. The minimum Gasteiger partial charge on any atom is -0.375 e. The Balaban J connectivity index is 2.16. The lowest BCUT2D eigenvalue weighted by atomic mass is 10.1. The third-order valence-corrected chi connectivity index (χ3v) is 3.14. The first-order valence-corrected chi connectivity index (χ1v) is 5.95. The topological polar surface area (TPSA) is 58.4 Å². The highest BCUT2D eigenvalue weighted by Crippen LogP contribution is 2.27. The summed E-state index contributed by atoms with van der Waals surface area (Å²) in [6.45, 7) is 1.84. The van der Waals surface area contributed by atoms with Gasteiger partial charge in [0, 0.05) is 24.7 Å². The molecular formula is C12H16FN3O2. The maximum atomic E-state index is 13.2. The van der Waals surface area contributed by atoms with Crippen LogP contribution in [-0.2, 0) is 0 Å². The van der Waals surface area contributed by atoms with Crippen LogP contribution in [0.5, 0.6) is 0 Å². The van der Waals surface area contributed by atoms with Crippen LogP contribution in [0.3, 0.4) is 0 Å². The lowest BCUT2D eigenvalue weighted by Crippen LogP contribution is -2.39. The molecule has 0 aliphatic carbocycles. The second-order valence-corrected chi connectivity index (χ2v) is 4.66. The molecule has 1 atom stereocenters. The standard InChI is InChI=1S/C12H16FN3O2/c1-15-6-2-3-10(8-15)14-11-7-9(13)4-5-12(11)16(17)18/h4-5,7,10,14H,2-3,6,8H2,1H3. The number of nitro benzene ring substituents is 1. The van der Waals surface area contributed by atoms with Crippen molar-refractivity contribution >= 4 is 11.4 Å². The molecule has 1 heterocycles. The van der Waals surface area contributed by atoms with Gasteiger partial charge in [-0.15, -0.1) is 0 Å². The van der Waals surface area contributed by atoms with E-state index in [9.17, 15) is 14.5 Å². The number of nitro groups is 1. The first-order chi connectivity index (χ1) is 8.56. The van der Waals surface area contributed by atoms with E-state index < -0.39 is 10.7 Å². The number of halogens is 1. The zero-order valence-electron chi connectivity index (χ0n) is 10.2. The summed E-state index contributed by atoms with van der Waals surface area (Å²) >= 11 is 0. The van der Waals surface area contributed by atoms with Crippen molar-refractivity contribution in [3.05, 3.63) is 34.1 Å². The molecule has 0 bridgehead atoms. The van der Waals surface area contributed by atoms with E-state index in [1.165, 1.54) is 12.1 Å². The minimum absolute atomic E-state index is 0.0790. The molecule has 1 aromatic rings. The quantitative estimate of drug-likeness (QED) is 0.663. The Hall–Kier alpha value is -1.69. The molecule has 98 valence electrons. The monoisotopic (exact) mass is 253 g/mol. The van der Waals surface area contributed by atoms with Gasteiger partial charge in [0.25, 0.3) is 5.69 Å². The summed E-state index contributed by atoms with van der Waals surface area (Å²) in [5, 5.41) is 14.0. The maximum Gasteiger partial charge on any atom is 0.292 e. The molecule has 0 aromatic heterocycles. The van der Waals surface area contributed by atoms with Crippen molar-refractivity contribution in [2.24, 2.45) is 0 Å². The Kier molecular flexibility index (Phi) is 3.76. The van der Waals surface area contributed by atoms with E-state index in [2.05, 4.69) is 10.2 Å². The summed E-state index contributed by atoms with van der Waals surface area (Å²) in [6.07, 6.45) is 1.98. The van der Waals surface area contributed by atoms with E-state index in [0.717, 1.165) is 32.0 Å². The number of likely N-dealkylation sites (N-methyl/N-ethyl adjacent to an activating group) is 1. The van der Waals surface area contributed by atoms with Crippen LogP contribution in [0.15, 0.2) is 18.2 Å². The van der Waals surface area contributed by atoms with Gasteiger partial charge in [-0.25, -0.2) is 4.39 Å². The second kappa shape index (κ2) is 5.30. The van der Waals surface area contributed by atoms with Gasteiger partial charge in [0.1, 0.15) is 11.5 Å². The van der Waals surface area contributed by atoms with E-state index in [1.807, 2.05) is 7.05 Å². The van der Waals surface area contributed by atoms with Gasteiger partial charge in [-0.3, -0.25) is 10.1 Å². The predicted molar refractivity (Wildman–Crippen MR) is 67.2 cm³/mol. The number of anilines is 1. The van der Waals surface area contributed by atoms with Crippen LogP contribution in [-0.4, -0.2) is 36.0 Å². The Morgan fingerprint density at radius 2 is 2.33 bits per heavy atom. The average molecular weight is 253 g/mol. The minimum atomic E-state index is -0.492. The molecule has 18 heavy (non-hydrogen) atoms. The highest BCUT2D eigenvalue weighted by molar-refractivity contribution is 5.61. The summed E-state index contributed by atoms with van der Waals surface area (Å²) < 4.78 is 13.2. The number of hydrogen-bond donors (Lipinski definition) is 1. The zero-order chi connectivity index (χ0) is 13.1. The van der Waals surface area contributed by atoms with Crippen LogP contribution in [0.25, 0.3) is 0 Å². The maximum absolute atomic E-state index is 13.2. The third kappa shape index (κ3) is 2.95. The Morgan fingerprint density at radius 3 is 3.00 bits per heavy atom. The molecule has 6 heteroatoms. The first-order valence-electron chi connectivity index (χ1n) is 5.95. The van der Waals surface area contributed by atoms with Gasteiger partial charge in [-0.2, -0.15) is 0 Å². The van der Waals surface area contributed by atoms with Crippen LogP contribution >= 0.6 is 0 Å². The van der Waals surface area contributed by atoms with Gasteiger partial charge >= 0.3 is 0 Å².